The van der Waals surface area contributed by atoms with E-state index in [0.29, 0.717) is 6.61 Å². The largest absolute Gasteiger partial charge is 0.348 e. The van der Waals surface area contributed by atoms with E-state index in [4.69, 9.17) is 14.7 Å². The first kappa shape index (κ1) is 10.5. The van der Waals surface area contributed by atoms with E-state index in [1.54, 1.807) is 0 Å². The summed E-state index contributed by atoms with van der Waals surface area (Å²) in [7, 11) is 0. The fourth-order valence-corrected chi connectivity index (χ4v) is 1.48. The van der Waals surface area contributed by atoms with Crippen LogP contribution in [0.2, 0.25) is 0 Å². The Morgan fingerprint density at radius 1 is 1.54 bits per heavy atom. The highest BCUT2D eigenvalue weighted by Gasteiger charge is 2.35. The quantitative estimate of drug-likeness (QED) is 0.658. The maximum atomic E-state index is 8.84. The molecule has 0 aromatic carbocycles. The molecule has 74 valence electrons. The van der Waals surface area contributed by atoms with E-state index < -0.39 is 5.79 Å². The molecule has 0 aromatic heterocycles. The normalized spacial score (nSPS) is 27.2. The van der Waals surface area contributed by atoms with Crippen molar-refractivity contribution in [3.63, 3.8) is 0 Å². The van der Waals surface area contributed by atoms with E-state index in [2.05, 4.69) is 6.07 Å². The summed E-state index contributed by atoms with van der Waals surface area (Å²) in [5.41, 5.74) is -0.325. The van der Waals surface area contributed by atoms with Gasteiger partial charge in [-0.25, -0.2) is 0 Å². The maximum Gasteiger partial charge on any atom is 0.163 e. The summed E-state index contributed by atoms with van der Waals surface area (Å²) in [6.45, 7) is 8.22. The van der Waals surface area contributed by atoms with Crippen LogP contribution < -0.4 is 0 Å². The van der Waals surface area contributed by atoms with Crippen molar-refractivity contribution in [3.05, 3.63) is 0 Å². The van der Waals surface area contributed by atoms with Gasteiger partial charge in [-0.2, -0.15) is 5.26 Å². The lowest BCUT2D eigenvalue weighted by atomic mass is 9.89. The summed E-state index contributed by atoms with van der Waals surface area (Å²) < 4.78 is 11.0. The van der Waals surface area contributed by atoms with Gasteiger partial charge in [0, 0.05) is 0 Å². The van der Waals surface area contributed by atoms with Gasteiger partial charge in [0.05, 0.1) is 24.2 Å². The van der Waals surface area contributed by atoms with Crippen molar-refractivity contribution in [2.45, 2.75) is 46.0 Å². The minimum absolute atomic E-state index is 0.0599. The lowest BCUT2D eigenvalue weighted by Crippen LogP contribution is -2.24. The lowest BCUT2D eigenvalue weighted by Gasteiger charge is -2.21. The summed E-state index contributed by atoms with van der Waals surface area (Å²) >= 11 is 0. The Bertz CT molecular complexity index is 228. The van der Waals surface area contributed by atoms with Gasteiger partial charge in [0.25, 0.3) is 0 Å². The number of nitrogens with zero attached hydrogens (tertiary/aromatic N) is 1. The molecule has 1 aliphatic rings. The van der Waals surface area contributed by atoms with E-state index in [9.17, 15) is 0 Å². The molecular weight excluding hydrogens is 166 g/mol. The van der Waals surface area contributed by atoms with Crippen LogP contribution in [0.3, 0.4) is 0 Å². The molecule has 1 atom stereocenters. The number of rotatable bonds is 2. The highest BCUT2D eigenvalue weighted by atomic mass is 16.7. The molecule has 3 heteroatoms. The van der Waals surface area contributed by atoms with E-state index in [1.807, 2.05) is 27.7 Å². The lowest BCUT2D eigenvalue weighted by molar-refractivity contribution is -0.140. The molecule has 0 aromatic rings. The smallest absolute Gasteiger partial charge is 0.163 e. The molecule has 1 unspecified atom stereocenters. The molecule has 0 amide bonds. The number of hydrogen-bond donors (Lipinski definition) is 0. The van der Waals surface area contributed by atoms with Crippen LogP contribution in [0, 0.1) is 16.7 Å². The topological polar surface area (TPSA) is 42.2 Å². The SMILES string of the molecule is CC(C)(C#N)CC1COC(C)(C)O1. The fraction of sp³-hybridized carbons (Fsp3) is 0.900. The van der Waals surface area contributed by atoms with Crippen molar-refractivity contribution in [1.82, 2.24) is 0 Å². The summed E-state index contributed by atoms with van der Waals surface area (Å²) in [5.74, 6) is -0.476. The van der Waals surface area contributed by atoms with E-state index >= 15 is 0 Å². The Hall–Kier alpha value is -0.590. The molecule has 0 radical (unpaired) electrons. The molecule has 1 saturated heterocycles. The first-order valence-corrected chi connectivity index (χ1v) is 4.58. The second kappa shape index (κ2) is 3.28. The van der Waals surface area contributed by atoms with Crippen LogP contribution >= 0.6 is 0 Å². The van der Waals surface area contributed by atoms with Crippen LogP contribution in [0.5, 0.6) is 0 Å². The van der Waals surface area contributed by atoms with E-state index in [1.165, 1.54) is 0 Å². The van der Waals surface area contributed by atoms with Crippen molar-refractivity contribution in [1.29, 1.82) is 5.26 Å². The Morgan fingerprint density at radius 3 is 2.54 bits per heavy atom. The molecule has 0 saturated carbocycles. The first-order valence-electron chi connectivity index (χ1n) is 4.58. The van der Waals surface area contributed by atoms with Gasteiger partial charge in [-0.05, 0) is 34.1 Å². The summed E-state index contributed by atoms with van der Waals surface area (Å²) in [5, 5.41) is 8.84. The van der Waals surface area contributed by atoms with Crippen molar-refractivity contribution in [3.8, 4) is 6.07 Å². The average molecular weight is 183 g/mol. The number of nitriles is 1. The van der Waals surface area contributed by atoms with Crippen molar-refractivity contribution in [2.75, 3.05) is 6.61 Å². The summed E-state index contributed by atoms with van der Waals surface area (Å²) in [4.78, 5) is 0. The monoisotopic (exact) mass is 183 g/mol. The van der Waals surface area contributed by atoms with Crippen LogP contribution in [0.25, 0.3) is 0 Å². The van der Waals surface area contributed by atoms with Crippen LogP contribution in [-0.4, -0.2) is 18.5 Å². The molecule has 1 fully saturated rings. The Labute approximate surface area is 79.6 Å². The fourth-order valence-electron chi connectivity index (χ4n) is 1.48. The highest BCUT2D eigenvalue weighted by Crippen LogP contribution is 2.30. The van der Waals surface area contributed by atoms with Gasteiger partial charge in [0.1, 0.15) is 0 Å². The van der Waals surface area contributed by atoms with Gasteiger partial charge >= 0.3 is 0 Å². The van der Waals surface area contributed by atoms with Gasteiger partial charge in [-0.1, -0.05) is 0 Å². The summed E-state index contributed by atoms with van der Waals surface area (Å²) in [6.07, 6.45) is 0.789. The third-order valence-corrected chi connectivity index (χ3v) is 2.11. The van der Waals surface area contributed by atoms with E-state index in [-0.39, 0.29) is 11.5 Å². The van der Waals surface area contributed by atoms with Gasteiger partial charge in [-0.3, -0.25) is 0 Å². The van der Waals surface area contributed by atoms with Gasteiger partial charge in [0.15, 0.2) is 5.79 Å². The minimum Gasteiger partial charge on any atom is -0.348 e. The average Bonchev–Trinajstić information content (AvgIpc) is 2.29. The predicted molar refractivity (Wildman–Crippen MR) is 48.9 cm³/mol. The molecule has 0 bridgehead atoms. The Balaban J connectivity index is 2.46. The van der Waals surface area contributed by atoms with Crippen LogP contribution in [0.15, 0.2) is 0 Å². The van der Waals surface area contributed by atoms with Crippen molar-refractivity contribution >= 4 is 0 Å². The maximum absolute atomic E-state index is 8.84. The van der Waals surface area contributed by atoms with Crippen LogP contribution in [0.1, 0.15) is 34.1 Å². The molecule has 0 N–H and O–H groups in total. The molecule has 1 heterocycles. The van der Waals surface area contributed by atoms with Gasteiger partial charge in [0.2, 0.25) is 0 Å². The second-order valence-corrected chi connectivity index (χ2v) is 4.65. The second-order valence-electron chi connectivity index (χ2n) is 4.65. The third kappa shape index (κ3) is 2.98. The molecule has 3 nitrogen and oxygen atoms in total. The van der Waals surface area contributed by atoms with Crippen molar-refractivity contribution < 1.29 is 9.47 Å². The van der Waals surface area contributed by atoms with Gasteiger partial charge < -0.3 is 9.47 Å². The third-order valence-electron chi connectivity index (χ3n) is 2.11. The Kier molecular flexibility index (Phi) is 2.65. The van der Waals surface area contributed by atoms with Crippen LogP contribution in [0.4, 0.5) is 0 Å². The highest BCUT2D eigenvalue weighted by molar-refractivity contribution is 4.94. The van der Waals surface area contributed by atoms with Gasteiger partial charge in [-0.15, -0.1) is 0 Å². The molecule has 1 rings (SSSR count). The Morgan fingerprint density at radius 2 is 2.15 bits per heavy atom. The zero-order chi connectivity index (χ0) is 10.1. The molecular formula is C10H17NO2. The standard InChI is InChI=1S/C10H17NO2/c1-9(2,7-11)5-8-6-12-10(3,4)13-8/h8H,5-6H2,1-4H3. The molecule has 13 heavy (non-hydrogen) atoms. The zero-order valence-electron chi connectivity index (χ0n) is 8.76. The molecule has 1 aliphatic heterocycles. The number of hydrogen-bond acceptors (Lipinski definition) is 3. The predicted octanol–water partition coefficient (Wildman–Crippen LogP) is 2.08. The number of ether oxygens (including phenoxy) is 2. The minimum atomic E-state index is -0.476. The summed E-state index contributed by atoms with van der Waals surface area (Å²) in [6, 6.07) is 2.26. The first-order chi connectivity index (χ1) is 5.85. The van der Waals surface area contributed by atoms with E-state index in [0.717, 1.165) is 6.42 Å². The molecule has 0 spiro atoms. The zero-order valence-corrected chi connectivity index (χ0v) is 8.76. The van der Waals surface area contributed by atoms with Crippen LogP contribution in [-0.2, 0) is 9.47 Å². The molecule has 0 aliphatic carbocycles. The van der Waals surface area contributed by atoms with Crippen molar-refractivity contribution in [2.24, 2.45) is 5.41 Å².